The zero-order chi connectivity index (χ0) is 42.6. The van der Waals surface area contributed by atoms with Crippen LogP contribution in [0.2, 0.25) is 0 Å². The molecule has 0 rings (SSSR count). The lowest BCUT2D eigenvalue weighted by Crippen LogP contribution is -2.29. The SMILES string of the molecule is CCCCCC(=O)/C=C/C=C\C/C=C\C/C=C\CCCC(=O)O[C@H](COC(=O)CCCCCCCCCCC(C)CC)COP(=O)(O)OC[C@@H](O)COP(=O)(O)O. The van der Waals surface area contributed by atoms with E-state index in [2.05, 4.69) is 29.8 Å². The van der Waals surface area contributed by atoms with Crippen molar-refractivity contribution in [1.29, 1.82) is 0 Å². The lowest BCUT2D eigenvalue weighted by atomic mass is 9.99. The number of carbonyl (C=O) groups is 3. The minimum atomic E-state index is -4.87. The predicted molar refractivity (Wildman–Crippen MR) is 221 cm³/mol. The van der Waals surface area contributed by atoms with Crippen molar-refractivity contribution >= 4 is 33.4 Å². The first-order valence-corrected chi connectivity index (χ1v) is 23.7. The summed E-state index contributed by atoms with van der Waals surface area (Å²) in [6.07, 6.45) is 29.7. The summed E-state index contributed by atoms with van der Waals surface area (Å²) in [6.45, 7) is 3.79. The molecule has 0 heterocycles. The Hall–Kier alpha value is -2.25. The number of aliphatic hydroxyl groups is 1. The van der Waals surface area contributed by atoms with Gasteiger partial charge in [0.25, 0.3) is 0 Å². The second kappa shape index (κ2) is 35.7. The molecule has 16 heteroatoms. The summed E-state index contributed by atoms with van der Waals surface area (Å²) in [5, 5.41) is 9.72. The molecule has 0 aliphatic rings. The number of phosphoric ester groups is 2. The van der Waals surface area contributed by atoms with Gasteiger partial charge in [0.1, 0.15) is 12.7 Å². The molecule has 57 heavy (non-hydrogen) atoms. The molecule has 0 aliphatic heterocycles. The Morgan fingerprint density at radius 2 is 1.21 bits per heavy atom. The average Bonchev–Trinajstić information content (AvgIpc) is 3.16. The first-order valence-electron chi connectivity index (χ1n) is 20.7. The number of hydrogen-bond donors (Lipinski definition) is 4. The molecule has 2 unspecified atom stereocenters. The van der Waals surface area contributed by atoms with Gasteiger partial charge in [0.05, 0.1) is 19.8 Å². The Labute approximate surface area is 341 Å². The number of unbranched alkanes of at least 4 members (excludes halogenated alkanes) is 10. The van der Waals surface area contributed by atoms with Crippen LogP contribution in [0, 0.1) is 5.92 Å². The topological polar surface area (TPSA) is 212 Å². The van der Waals surface area contributed by atoms with Crippen molar-refractivity contribution in [1.82, 2.24) is 0 Å². The zero-order valence-electron chi connectivity index (χ0n) is 34.6. The van der Waals surface area contributed by atoms with E-state index in [-0.39, 0.29) is 18.6 Å². The van der Waals surface area contributed by atoms with E-state index in [1.807, 2.05) is 36.5 Å². The molecule has 0 amide bonds. The molecule has 0 aromatic carbocycles. The highest BCUT2D eigenvalue weighted by atomic mass is 31.2. The van der Waals surface area contributed by atoms with E-state index in [1.54, 1.807) is 12.2 Å². The van der Waals surface area contributed by atoms with Crippen LogP contribution in [0.4, 0.5) is 0 Å². The molecule has 0 spiro atoms. The molecular weight excluding hydrogens is 778 g/mol. The van der Waals surface area contributed by atoms with E-state index in [4.69, 9.17) is 23.8 Å². The maximum Gasteiger partial charge on any atom is 0.472 e. The smallest absolute Gasteiger partial charge is 0.462 e. The maximum atomic E-state index is 12.6. The Morgan fingerprint density at radius 1 is 0.632 bits per heavy atom. The first-order chi connectivity index (χ1) is 27.2. The van der Waals surface area contributed by atoms with Crippen molar-refractivity contribution < 1.29 is 66.3 Å². The van der Waals surface area contributed by atoms with Crippen LogP contribution in [0.1, 0.15) is 149 Å². The summed E-state index contributed by atoms with van der Waals surface area (Å²) in [5.41, 5.74) is 0. The van der Waals surface area contributed by atoms with Gasteiger partial charge in [-0.3, -0.25) is 28.0 Å². The summed E-state index contributed by atoms with van der Waals surface area (Å²) in [4.78, 5) is 64.3. The average molecular weight is 851 g/mol. The molecule has 0 aromatic rings. The predicted octanol–water partition coefficient (Wildman–Crippen LogP) is 9.32. The molecule has 0 fully saturated rings. The van der Waals surface area contributed by atoms with Crippen molar-refractivity contribution in [2.45, 2.75) is 161 Å². The van der Waals surface area contributed by atoms with Crippen LogP contribution in [-0.4, -0.2) is 76.1 Å². The molecule has 0 aliphatic carbocycles. The molecule has 14 nitrogen and oxygen atoms in total. The summed E-state index contributed by atoms with van der Waals surface area (Å²) < 4.78 is 47.6. The van der Waals surface area contributed by atoms with Gasteiger partial charge >= 0.3 is 27.6 Å². The Balaban J connectivity index is 4.71. The summed E-state index contributed by atoms with van der Waals surface area (Å²) in [7, 11) is -9.71. The van der Waals surface area contributed by atoms with Gasteiger partial charge in [-0.15, -0.1) is 0 Å². The van der Waals surface area contributed by atoms with Gasteiger partial charge in [-0.05, 0) is 50.5 Å². The molecule has 0 aromatic heterocycles. The van der Waals surface area contributed by atoms with Crippen molar-refractivity contribution in [2.24, 2.45) is 5.92 Å². The van der Waals surface area contributed by atoms with E-state index in [1.165, 1.54) is 38.5 Å². The summed E-state index contributed by atoms with van der Waals surface area (Å²) in [5.74, 6) is -0.208. The van der Waals surface area contributed by atoms with Crippen molar-refractivity contribution in [3.63, 3.8) is 0 Å². The van der Waals surface area contributed by atoms with Gasteiger partial charge in [-0.25, -0.2) is 9.13 Å². The Bertz CT molecular complexity index is 1280. The van der Waals surface area contributed by atoms with Crippen LogP contribution in [-0.2, 0) is 46.6 Å². The zero-order valence-corrected chi connectivity index (χ0v) is 36.4. The van der Waals surface area contributed by atoms with Crippen LogP contribution in [0.3, 0.4) is 0 Å². The van der Waals surface area contributed by atoms with Crippen LogP contribution in [0.15, 0.2) is 48.6 Å². The second-order valence-corrected chi connectivity index (χ2v) is 16.9. The van der Waals surface area contributed by atoms with Gasteiger partial charge in [-0.2, -0.15) is 0 Å². The Morgan fingerprint density at radius 3 is 1.88 bits per heavy atom. The summed E-state index contributed by atoms with van der Waals surface area (Å²) >= 11 is 0. The second-order valence-electron chi connectivity index (χ2n) is 14.2. The van der Waals surface area contributed by atoms with E-state index < -0.39 is 66.2 Å². The van der Waals surface area contributed by atoms with Gasteiger partial charge in [0, 0.05) is 19.3 Å². The fourth-order valence-corrected chi connectivity index (χ4v) is 6.31. The van der Waals surface area contributed by atoms with E-state index in [0.29, 0.717) is 32.1 Å². The fraction of sp³-hybridized carbons (Fsp3) is 0.732. The van der Waals surface area contributed by atoms with Crippen molar-refractivity contribution in [2.75, 3.05) is 26.4 Å². The number of rotatable bonds is 38. The number of carbonyl (C=O) groups excluding carboxylic acids is 3. The van der Waals surface area contributed by atoms with Crippen molar-refractivity contribution in [3.8, 4) is 0 Å². The number of hydrogen-bond acceptors (Lipinski definition) is 11. The van der Waals surface area contributed by atoms with Crippen LogP contribution in [0.5, 0.6) is 0 Å². The number of allylic oxidation sites excluding steroid dienone is 8. The highest BCUT2D eigenvalue weighted by Gasteiger charge is 2.28. The Kier molecular flexibility index (Phi) is 34.3. The molecule has 330 valence electrons. The summed E-state index contributed by atoms with van der Waals surface area (Å²) in [6, 6.07) is 0. The molecule has 0 bridgehead atoms. The lowest BCUT2D eigenvalue weighted by molar-refractivity contribution is -0.161. The largest absolute Gasteiger partial charge is 0.472 e. The van der Waals surface area contributed by atoms with Crippen molar-refractivity contribution in [3.05, 3.63) is 48.6 Å². The molecule has 0 saturated heterocycles. The number of phosphoric acid groups is 2. The molecule has 0 saturated carbocycles. The molecule has 4 atom stereocenters. The highest BCUT2D eigenvalue weighted by Crippen LogP contribution is 2.43. The molecule has 4 N–H and O–H groups in total. The van der Waals surface area contributed by atoms with Gasteiger partial charge in [0.2, 0.25) is 0 Å². The van der Waals surface area contributed by atoms with Gasteiger partial charge in [-0.1, -0.05) is 134 Å². The third-order valence-corrected chi connectivity index (χ3v) is 10.2. The molecule has 0 radical (unpaired) electrons. The quantitative estimate of drug-likeness (QED) is 0.0114. The van der Waals surface area contributed by atoms with Crippen LogP contribution < -0.4 is 0 Å². The van der Waals surface area contributed by atoms with E-state index in [0.717, 1.165) is 50.9 Å². The van der Waals surface area contributed by atoms with E-state index in [9.17, 15) is 33.5 Å². The number of esters is 2. The van der Waals surface area contributed by atoms with Gasteiger partial charge in [0.15, 0.2) is 11.9 Å². The maximum absolute atomic E-state index is 12.6. The van der Waals surface area contributed by atoms with Crippen LogP contribution >= 0.6 is 15.6 Å². The molecular formula is C41H72O14P2. The van der Waals surface area contributed by atoms with E-state index >= 15 is 0 Å². The van der Waals surface area contributed by atoms with Gasteiger partial charge < -0.3 is 29.3 Å². The minimum absolute atomic E-state index is 0.0287. The third kappa shape index (κ3) is 39.0. The fourth-order valence-electron chi connectivity index (χ4n) is 5.15. The number of ketones is 1. The normalized spacial score (nSPS) is 15.1. The number of ether oxygens (including phenoxy) is 2. The third-order valence-electron chi connectivity index (χ3n) is 8.73. The lowest BCUT2D eigenvalue weighted by Gasteiger charge is -2.20. The standard InChI is InChI=1S/C41H72O14P2/c1-4-6-22-28-37(42)29-24-19-15-10-8-7-9-11-17-21-26-31-41(45)55-39(35-54-57(49,50)53-33-38(43)32-52-56(46,47)48)34-51-40(44)30-25-20-16-13-12-14-18-23-27-36(3)5-2/h7-8,11,15,17,19,24,29,36,38-39,43H,4-6,9-10,12-14,16,18,20-23,25-28,30-35H2,1-3H3,(H,49,50)(H2,46,47,48)/b8-7-,17-11-,19-15-,29-24+/t36?,38-,39+/m0/s1. The minimum Gasteiger partial charge on any atom is -0.462 e. The number of aliphatic hydroxyl groups excluding tert-OH is 1. The highest BCUT2D eigenvalue weighted by molar-refractivity contribution is 7.47. The van der Waals surface area contributed by atoms with Crippen LogP contribution in [0.25, 0.3) is 0 Å². The monoisotopic (exact) mass is 850 g/mol. The first kappa shape index (κ1) is 54.8.